The molecule has 0 amide bonds. The number of rotatable bonds is 7. The molecule has 11 aromatic carbocycles. The smallest absolute Gasteiger partial charge is 0.0713 e. The summed E-state index contributed by atoms with van der Waals surface area (Å²) in [5, 5.41) is 4.97. The second kappa shape index (κ2) is 15.4. The third-order valence-electron chi connectivity index (χ3n) is 15.6. The van der Waals surface area contributed by atoms with E-state index in [4.69, 9.17) is 0 Å². The molecule has 0 bridgehead atoms. The molecular formula is C68H48N2. The highest BCUT2D eigenvalue weighted by atomic mass is 15.1. The number of fused-ring (bicyclic) bond motifs is 10. The van der Waals surface area contributed by atoms with Gasteiger partial charge in [0.1, 0.15) is 0 Å². The lowest BCUT2D eigenvalue weighted by atomic mass is 9.67. The number of para-hydroxylation sites is 1. The van der Waals surface area contributed by atoms with E-state index in [-0.39, 0.29) is 5.41 Å². The number of hydrogen-bond acceptors (Lipinski definition) is 1. The number of nitrogens with zero attached hydrogens (tertiary/aromatic N) is 2. The van der Waals surface area contributed by atoms with Gasteiger partial charge in [0.05, 0.1) is 16.4 Å². The summed E-state index contributed by atoms with van der Waals surface area (Å²) in [6, 6.07) is 94.9. The maximum absolute atomic E-state index is 2.50. The average molecular weight is 893 g/mol. The quantitative estimate of drug-likeness (QED) is 0.155. The van der Waals surface area contributed by atoms with Gasteiger partial charge in [-0.05, 0) is 156 Å². The molecule has 0 N–H and O–H groups in total. The minimum Gasteiger partial charge on any atom is -0.310 e. The Morgan fingerprint density at radius 1 is 0.329 bits per heavy atom. The Morgan fingerprint density at radius 3 is 1.53 bits per heavy atom. The van der Waals surface area contributed by atoms with E-state index in [0.29, 0.717) is 0 Å². The predicted molar refractivity (Wildman–Crippen MR) is 293 cm³/mol. The fourth-order valence-corrected chi connectivity index (χ4v) is 12.4. The van der Waals surface area contributed by atoms with Crippen LogP contribution in [0.4, 0.5) is 17.1 Å². The highest BCUT2D eigenvalue weighted by molar-refractivity contribution is 6.11. The second-order valence-corrected chi connectivity index (χ2v) is 19.7. The van der Waals surface area contributed by atoms with E-state index in [2.05, 4.69) is 278 Å². The van der Waals surface area contributed by atoms with Crippen molar-refractivity contribution in [2.45, 2.75) is 24.7 Å². The first-order valence-corrected chi connectivity index (χ1v) is 24.5. The van der Waals surface area contributed by atoms with Crippen molar-refractivity contribution in [3.05, 3.63) is 288 Å². The highest BCUT2D eigenvalue weighted by Gasteiger charge is 2.46. The SMILES string of the molecule is CC1(C)c2cc(N(c3ccc(-c4ccccc4)cc3)c3ccc4c(c3)c3cc(C5(c6ccccc6)c6ccccc6-c6ccccc65)ccc3n4-c3ccccc3)ccc2-c2cc3ccccc3cc21. The van der Waals surface area contributed by atoms with Crippen LogP contribution in [0.1, 0.15) is 47.2 Å². The van der Waals surface area contributed by atoms with E-state index in [0.717, 1.165) is 22.7 Å². The topological polar surface area (TPSA) is 8.17 Å². The van der Waals surface area contributed by atoms with Gasteiger partial charge in [0.25, 0.3) is 0 Å². The maximum atomic E-state index is 2.50. The molecule has 2 aliphatic rings. The zero-order valence-electron chi connectivity index (χ0n) is 39.1. The van der Waals surface area contributed by atoms with Crippen molar-refractivity contribution in [1.82, 2.24) is 4.57 Å². The molecular weight excluding hydrogens is 845 g/mol. The summed E-state index contributed by atoms with van der Waals surface area (Å²) in [4.78, 5) is 2.47. The van der Waals surface area contributed by atoms with Crippen molar-refractivity contribution in [3.63, 3.8) is 0 Å². The first kappa shape index (κ1) is 40.4. The van der Waals surface area contributed by atoms with Gasteiger partial charge in [0, 0.05) is 38.9 Å². The summed E-state index contributed by atoms with van der Waals surface area (Å²) in [6.45, 7) is 4.78. The van der Waals surface area contributed by atoms with Crippen molar-refractivity contribution in [2.24, 2.45) is 0 Å². The number of benzene rings is 11. The fourth-order valence-electron chi connectivity index (χ4n) is 12.4. The molecule has 70 heavy (non-hydrogen) atoms. The maximum Gasteiger partial charge on any atom is 0.0713 e. The average Bonchev–Trinajstić information content (AvgIpc) is 3.99. The van der Waals surface area contributed by atoms with Crippen LogP contribution in [0.5, 0.6) is 0 Å². The van der Waals surface area contributed by atoms with Crippen molar-refractivity contribution < 1.29 is 0 Å². The standard InChI is InChI=1S/C68H48N2/c1-67(2)63-41-48-21-13-12-20-47(48)40-58(63)57-37-35-54(44-64(57)67)69(52-33-30-46(31-34-52)45-18-6-3-7-19-45)53-36-39-66-60(43-53)59-42-50(32-38-65(59)70(66)51-24-10-5-11-25-51)68(49-22-8-4-9-23-49)61-28-16-14-26-55(61)56-27-15-17-29-62(56)68/h3-44H,1-2H3. The zero-order chi connectivity index (χ0) is 46.6. The van der Waals surface area contributed by atoms with Crippen LogP contribution in [0.2, 0.25) is 0 Å². The van der Waals surface area contributed by atoms with Crippen LogP contribution in [-0.4, -0.2) is 4.57 Å². The van der Waals surface area contributed by atoms with Crippen LogP contribution >= 0.6 is 0 Å². The lowest BCUT2D eigenvalue weighted by Crippen LogP contribution is -2.28. The molecule has 1 heterocycles. The Kier molecular flexibility index (Phi) is 8.88. The summed E-state index contributed by atoms with van der Waals surface area (Å²) in [5.41, 5.74) is 21.6. The number of hydrogen-bond donors (Lipinski definition) is 0. The molecule has 0 saturated heterocycles. The van der Waals surface area contributed by atoms with Crippen molar-refractivity contribution in [3.8, 4) is 39.1 Å². The minimum absolute atomic E-state index is 0.191. The third-order valence-corrected chi connectivity index (χ3v) is 15.6. The van der Waals surface area contributed by atoms with Crippen LogP contribution in [-0.2, 0) is 10.8 Å². The van der Waals surface area contributed by atoms with E-state index in [1.54, 1.807) is 0 Å². The Morgan fingerprint density at radius 2 is 0.829 bits per heavy atom. The van der Waals surface area contributed by atoms with Crippen LogP contribution in [0, 0.1) is 0 Å². The molecule has 0 atom stereocenters. The highest BCUT2D eigenvalue weighted by Crippen LogP contribution is 2.57. The van der Waals surface area contributed by atoms with Crippen molar-refractivity contribution in [2.75, 3.05) is 4.90 Å². The van der Waals surface area contributed by atoms with Gasteiger partial charge < -0.3 is 9.47 Å². The van der Waals surface area contributed by atoms with Gasteiger partial charge in [-0.25, -0.2) is 0 Å². The summed E-state index contributed by atoms with van der Waals surface area (Å²) in [7, 11) is 0. The molecule has 0 spiro atoms. The summed E-state index contributed by atoms with van der Waals surface area (Å²) in [6.07, 6.45) is 0. The Hall–Kier alpha value is -8.72. The van der Waals surface area contributed by atoms with Gasteiger partial charge >= 0.3 is 0 Å². The predicted octanol–water partition coefficient (Wildman–Crippen LogP) is 17.7. The summed E-state index contributed by atoms with van der Waals surface area (Å²) < 4.78 is 2.45. The molecule has 0 saturated carbocycles. The Bertz CT molecular complexity index is 3970. The van der Waals surface area contributed by atoms with Crippen molar-refractivity contribution >= 4 is 49.6 Å². The molecule has 12 aromatic rings. The van der Waals surface area contributed by atoms with E-state index in [9.17, 15) is 0 Å². The second-order valence-electron chi connectivity index (χ2n) is 19.7. The Labute approximate surface area is 409 Å². The molecule has 0 unspecified atom stereocenters. The molecule has 2 heteroatoms. The van der Waals surface area contributed by atoms with Gasteiger partial charge in [-0.1, -0.05) is 190 Å². The van der Waals surface area contributed by atoms with Gasteiger partial charge in [0.15, 0.2) is 0 Å². The third kappa shape index (κ3) is 5.87. The molecule has 0 radical (unpaired) electrons. The van der Waals surface area contributed by atoms with E-state index >= 15 is 0 Å². The molecule has 0 fully saturated rings. The first-order valence-electron chi connectivity index (χ1n) is 24.5. The van der Waals surface area contributed by atoms with Crippen molar-refractivity contribution in [1.29, 1.82) is 0 Å². The van der Waals surface area contributed by atoms with Gasteiger partial charge in [-0.3, -0.25) is 0 Å². The molecule has 330 valence electrons. The fraction of sp³-hybridized carbons (Fsp3) is 0.0588. The molecule has 2 nitrogen and oxygen atoms in total. The lowest BCUT2D eigenvalue weighted by Gasteiger charge is -2.34. The molecule has 0 aliphatic heterocycles. The largest absolute Gasteiger partial charge is 0.310 e. The Balaban J connectivity index is 1.01. The van der Waals surface area contributed by atoms with Crippen LogP contribution in [0.15, 0.2) is 255 Å². The lowest BCUT2D eigenvalue weighted by molar-refractivity contribution is 0.661. The minimum atomic E-state index is -0.519. The molecule has 2 aliphatic carbocycles. The molecule has 14 rings (SSSR count). The summed E-state index contributed by atoms with van der Waals surface area (Å²) in [5.74, 6) is 0. The monoisotopic (exact) mass is 892 g/mol. The van der Waals surface area contributed by atoms with Gasteiger partial charge in [-0.15, -0.1) is 0 Å². The van der Waals surface area contributed by atoms with Gasteiger partial charge in [-0.2, -0.15) is 0 Å². The van der Waals surface area contributed by atoms with Crippen LogP contribution < -0.4 is 4.90 Å². The van der Waals surface area contributed by atoms with E-state index < -0.39 is 5.41 Å². The van der Waals surface area contributed by atoms with E-state index in [1.807, 2.05) is 0 Å². The number of anilines is 3. The summed E-state index contributed by atoms with van der Waals surface area (Å²) >= 11 is 0. The zero-order valence-corrected chi connectivity index (χ0v) is 39.1. The van der Waals surface area contributed by atoms with E-state index in [1.165, 1.54) is 99.3 Å². The van der Waals surface area contributed by atoms with Gasteiger partial charge in [0.2, 0.25) is 0 Å². The first-order chi connectivity index (χ1) is 34.5. The van der Waals surface area contributed by atoms with Crippen LogP contribution in [0.3, 0.4) is 0 Å². The van der Waals surface area contributed by atoms with Crippen LogP contribution in [0.25, 0.3) is 71.6 Å². The molecule has 1 aromatic heterocycles. The normalized spacial score (nSPS) is 13.8. The number of aromatic nitrogens is 1.